The highest BCUT2D eigenvalue weighted by molar-refractivity contribution is 9.10. The number of halogens is 1. The SMILES string of the molecule is NC(=S)c1ccc(Br)cc1NC(=O)C1CCSC1. The summed E-state index contributed by atoms with van der Waals surface area (Å²) in [7, 11) is 0. The topological polar surface area (TPSA) is 55.1 Å². The Balaban J connectivity index is 2.19. The lowest BCUT2D eigenvalue weighted by atomic mass is 10.1. The average molecular weight is 345 g/mol. The third-order valence-corrected chi connectivity index (χ3v) is 4.68. The molecule has 3 nitrogen and oxygen atoms in total. The number of thioether (sulfide) groups is 1. The fourth-order valence-corrected chi connectivity index (χ4v) is 3.57. The van der Waals surface area contributed by atoms with Crippen molar-refractivity contribution in [1.82, 2.24) is 0 Å². The summed E-state index contributed by atoms with van der Waals surface area (Å²) in [6.07, 6.45) is 0.937. The smallest absolute Gasteiger partial charge is 0.228 e. The van der Waals surface area contributed by atoms with Gasteiger partial charge in [0.15, 0.2) is 0 Å². The lowest BCUT2D eigenvalue weighted by Gasteiger charge is -2.13. The molecule has 1 saturated heterocycles. The molecule has 1 aliphatic rings. The summed E-state index contributed by atoms with van der Waals surface area (Å²) in [4.78, 5) is 12.4. The third kappa shape index (κ3) is 3.24. The van der Waals surface area contributed by atoms with E-state index >= 15 is 0 Å². The van der Waals surface area contributed by atoms with Crippen molar-refractivity contribution in [2.24, 2.45) is 11.7 Å². The standard InChI is InChI=1S/C12H13BrN2OS2/c13-8-1-2-9(11(14)17)10(5-8)15-12(16)7-3-4-18-6-7/h1-2,5,7H,3-4,6H2,(H2,14,17)(H,15,16). The predicted molar refractivity (Wildman–Crippen MR) is 84.1 cm³/mol. The van der Waals surface area contributed by atoms with Crippen LogP contribution in [0.3, 0.4) is 0 Å². The Labute approximate surface area is 124 Å². The van der Waals surface area contributed by atoms with Crippen LogP contribution in [-0.2, 0) is 4.79 Å². The highest BCUT2D eigenvalue weighted by Crippen LogP contribution is 2.27. The maximum Gasteiger partial charge on any atom is 0.228 e. The van der Waals surface area contributed by atoms with Crippen molar-refractivity contribution in [1.29, 1.82) is 0 Å². The van der Waals surface area contributed by atoms with E-state index < -0.39 is 0 Å². The molecule has 96 valence electrons. The Morgan fingerprint density at radius 2 is 2.33 bits per heavy atom. The molecule has 2 rings (SSSR count). The predicted octanol–water partition coefficient (Wildman–Crippen LogP) is 2.77. The summed E-state index contributed by atoms with van der Waals surface area (Å²) in [5.74, 6) is 2.09. The molecule has 1 heterocycles. The van der Waals surface area contributed by atoms with Crippen LogP contribution >= 0.6 is 39.9 Å². The Bertz CT molecular complexity index is 487. The van der Waals surface area contributed by atoms with Gasteiger partial charge in [-0.3, -0.25) is 4.79 Å². The van der Waals surface area contributed by atoms with Crippen LogP contribution in [0.5, 0.6) is 0 Å². The Hall–Kier alpha value is -0.590. The van der Waals surface area contributed by atoms with E-state index in [-0.39, 0.29) is 11.8 Å². The van der Waals surface area contributed by atoms with Crippen LogP contribution in [0, 0.1) is 5.92 Å². The first-order valence-electron chi connectivity index (χ1n) is 5.56. The van der Waals surface area contributed by atoms with Crippen LogP contribution < -0.4 is 11.1 Å². The van der Waals surface area contributed by atoms with Gasteiger partial charge in [0.25, 0.3) is 0 Å². The van der Waals surface area contributed by atoms with Crippen molar-refractivity contribution in [3.05, 3.63) is 28.2 Å². The highest BCUT2D eigenvalue weighted by Gasteiger charge is 2.23. The molecule has 1 fully saturated rings. The summed E-state index contributed by atoms with van der Waals surface area (Å²) in [5.41, 5.74) is 7.04. The molecule has 0 bridgehead atoms. The van der Waals surface area contributed by atoms with E-state index in [9.17, 15) is 4.79 Å². The monoisotopic (exact) mass is 344 g/mol. The number of rotatable bonds is 3. The van der Waals surface area contributed by atoms with Crippen molar-refractivity contribution >= 4 is 56.5 Å². The maximum atomic E-state index is 12.1. The van der Waals surface area contributed by atoms with E-state index in [1.165, 1.54) is 0 Å². The van der Waals surface area contributed by atoms with Gasteiger partial charge in [-0.25, -0.2) is 0 Å². The largest absolute Gasteiger partial charge is 0.389 e. The number of anilines is 1. The van der Waals surface area contributed by atoms with Gasteiger partial charge < -0.3 is 11.1 Å². The highest BCUT2D eigenvalue weighted by atomic mass is 79.9. The molecule has 1 amide bonds. The van der Waals surface area contributed by atoms with Crippen LogP contribution in [0.15, 0.2) is 22.7 Å². The van der Waals surface area contributed by atoms with Gasteiger partial charge in [-0.15, -0.1) is 0 Å². The number of carbonyl (C=O) groups is 1. The number of hydrogen-bond donors (Lipinski definition) is 2. The molecule has 0 aliphatic carbocycles. The van der Waals surface area contributed by atoms with E-state index in [4.69, 9.17) is 18.0 Å². The average Bonchev–Trinajstić information content (AvgIpc) is 2.81. The van der Waals surface area contributed by atoms with E-state index in [0.29, 0.717) is 16.2 Å². The number of carbonyl (C=O) groups excluding carboxylic acids is 1. The fraction of sp³-hybridized carbons (Fsp3) is 0.333. The molecular weight excluding hydrogens is 332 g/mol. The minimum Gasteiger partial charge on any atom is -0.389 e. The lowest BCUT2D eigenvalue weighted by molar-refractivity contribution is -0.119. The van der Waals surface area contributed by atoms with Gasteiger partial charge in [0.05, 0.1) is 5.69 Å². The Morgan fingerprint density at radius 1 is 1.56 bits per heavy atom. The van der Waals surface area contributed by atoms with E-state index in [1.54, 1.807) is 0 Å². The molecule has 3 N–H and O–H groups in total. The van der Waals surface area contributed by atoms with Crippen LogP contribution in [0.2, 0.25) is 0 Å². The first-order valence-corrected chi connectivity index (χ1v) is 7.91. The van der Waals surface area contributed by atoms with Gasteiger partial charge in [0.2, 0.25) is 5.91 Å². The summed E-state index contributed by atoms with van der Waals surface area (Å²) in [6.45, 7) is 0. The number of hydrogen-bond acceptors (Lipinski definition) is 3. The van der Waals surface area contributed by atoms with Crippen molar-refractivity contribution in [2.45, 2.75) is 6.42 Å². The summed E-state index contributed by atoms with van der Waals surface area (Å²) < 4.78 is 0.888. The summed E-state index contributed by atoms with van der Waals surface area (Å²) in [5, 5.41) is 2.92. The number of amides is 1. The maximum absolute atomic E-state index is 12.1. The van der Waals surface area contributed by atoms with Crippen molar-refractivity contribution in [3.8, 4) is 0 Å². The second kappa shape index (κ2) is 6.04. The Morgan fingerprint density at radius 3 is 2.94 bits per heavy atom. The molecule has 0 saturated carbocycles. The minimum atomic E-state index is 0.0515. The molecule has 0 spiro atoms. The first-order chi connectivity index (χ1) is 8.58. The molecule has 18 heavy (non-hydrogen) atoms. The minimum absolute atomic E-state index is 0.0515. The van der Waals surface area contributed by atoms with Crippen LogP contribution in [0.4, 0.5) is 5.69 Å². The van der Waals surface area contributed by atoms with Gasteiger partial charge in [-0.1, -0.05) is 28.1 Å². The lowest BCUT2D eigenvalue weighted by Crippen LogP contribution is -2.24. The van der Waals surface area contributed by atoms with Gasteiger partial charge >= 0.3 is 0 Å². The zero-order chi connectivity index (χ0) is 13.1. The second-order valence-electron chi connectivity index (χ2n) is 4.10. The van der Waals surface area contributed by atoms with Crippen LogP contribution in [-0.4, -0.2) is 22.4 Å². The molecule has 6 heteroatoms. The van der Waals surface area contributed by atoms with Gasteiger partial charge in [0.1, 0.15) is 4.99 Å². The molecule has 0 radical (unpaired) electrons. The number of thiocarbonyl (C=S) groups is 1. The van der Waals surface area contributed by atoms with Crippen molar-refractivity contribution in [2.75, 3.05) is 16.8 Å². The van der Waals surface area contributed by atoms with Crippen LogP contribution in [0.25, 0.3) is 0 Å². The van der Waals surface area contributed by atoms with Crippen molar-refractivity contribution < 1.29 is 4.79 Å². The summed E-state index contributed by atoms with van der Waals surface area (Å²) >= 11 is 10.2. The van der Waals surface area contributed by atoms with Gasteiger partial charge in [-0.05, 0) is 30.4 Å². The van der Waals surface area contributed by atoms with E-state index in [1.807, 2.05) is 30.0 Å². The molecule has 1 aromatic rings. The first kappa shape index (κ1) is 13.8. The molecule has 1 atom stereocenters. The molecule has 1 aliphatic heterocycles. The fourth-order valence-electron chi connectivity index (χ4n) is 1.81. The van der Waals surface area contributed by atoms with Gasteiger partial charge in [0, 0.05) is 21.7 Å². The zero-order valence-electron chi connectivity index (χ0n) is 9.61. The normalized spacial score (nSPS) is 18.6. The molecule has 1 aromatic carbocycles. The zero-order valence-corrected chi connectivity index (χ0v) is 12.8. The van der Waals surface area contributed by atoms with E-state index in [2.05, 4.69) is 21.2 Å². The molecule has 1 unspecified atom stereocenters. The van der Waals surface area contributed by atoms with Crippen molar-refractivity contribution in [3.63, 3.8) is 0 Å². The number of nitrogens with two attached hydrogens (primary N) is 1. The van der Waals surface area contributed by atoms with Gasteiger partial charge in [-0.2, -0.15) is 11.8 Å². The molecular formula is C12H13BrN2OS2. The number of nitrogens with one attached hydrogen (secondary N) is 1. The number of benzene rings is 1. The second-order valence-corrected chi connectivity index (χ2v) is 6.61. The quantitative estimate of drug-likeness (QED) is 0.828. The summed E-state index contributed by atoms with van der Waals surface area (Å²) in [6, 6.07) is 5.50. The van der Waals surface area contributed by atoms with E-state index in [0.717, 1.165) is 22.4 Å². The van der Waals surface area contributed by atoms with Crippen LogP contribution in [0.1, 0.15) is 12.0 Å². The Kier molecular flexibility index (Phi) is 4.64. The molecule has 0 aromatic heterocycles. The third-order valence-electron chi connectivity index (χ3n) is 2.81.